The van der Waals surface area contributed by atoms with Crippen molar-refractivity contribution >= 4 is 58.0 Å². The molecule has 0 radical (unpaired) electrons. The molecule has 0 saturated carbocycles. The molecule has 2 aromatic rings. The van der Waals surface area contributed by atoms with Crippen LogP contribution in [0, 0.1) is 0 Å². The van der Waals surface area contributed by atoms with Gasteiger partial charge in [-0.1, -0.05) is 29.8 Å². The Morgan fingerprint density at radius 2 is 1.79 bits per heavy atom. The minimum Gasteiger partial charge on any atom is -0.495 e. The summed E-state index contributed by atoms with van der Waals surface area (Å²) in [6, 6.07) is 11.4. The average molecular weight is 420 g/mol. The Kier molecular flexibility index (Phi) is 5.72. The molecule has 2 amide bonds. The van der Waals surface area contributed by atoms with Crippen LogP contribution in [0.25, 0.3) is 11.3 Å². The second-order valence-electron chi connectivity index (χ2n) is 5.78. The van der Waals surface area contributed by atoms with E-state index in [0.717, 1.165) is 4.90 Å². The molecule has 0 aliphatic carbocycles. The third kappa shape index (κ3) is 3.25. The molecule has 8 heteroatoms. The van der Waals surface area contributed by atoms with Gasteiger partial charge in [-0.3, -0.25) is 9.59 Å². The molecule has 3 rings (SSSR count). The molecule has 0 fully saturated rings. The van der Waals surface area contributed by atoms with Crippen LogP contribution in [0.2, 0.25) is 5.02 Å². The summed E-state index contributed by atoms with van der Waals surface area (Å²) in [4.78, 5) is 38.3. The van der Waals surface area contributed by atoms with Gasteiger partial charge in [-0.2, -0.15) is 0 Å². The summed E-state index contributed by atoms with van der Waals surface area (Å²) in [5.74, 6) is -2.02. The number of methoxy groups -OCH3 is 2. The maximum absolute atomic E-state index is 13.1. The second kappa shape index (κ2) is 8.04. The Bertz CT molecular complexity index is 1020. The number of carbonyl (C=O) groups excluding carboxylic acids is 3. The first-order valence-electron chi connectivity index (χ1n) is 8.13. The summed E-state index contributed by atoms with van der Waals surface area (Å²) in [6.45, 7) is 0. The van der Waals surface area contributed by atoms with Crippen LogP contribution in [0.1, 0.15) is 21.5 Å². The van der Waals surface area contributed by atoms with Gasteiger partial charge in [-0.15, -0.1) is 11.6 Å². The van der Waals surface area contributed by atoms with E-state index in [1.54, 1.807) is 30.3 Å². The highest BCUT2D eigenvalue weighted by atomic mass is 35.5. The van der Waals surface area contributed by atoms with Crippen molar-refractivity contribution < 1.29 is 23.9 Å². The maximum Gasteiger partial charge on any atom is 0.337 e. The van der Waals surface area contributed by atoms with Crippen molar-refractivity contribution in [3.63, 3.8) is 0 Å². The van der Waals surface area contributed by atoms with Gasteiger partial charge < -0.3 is 9.47 Å². The third-order valence-electron chi connectivity index (χ3n) is 4.26. The van der Waals surface area contributed by atoms with E-state index in [1.807, 2.05) is 0 Å². The van der Waals surface area contributed by atoms with E-state index in [-0.39, 0.29) is 22.6 Å². The largest absolute Gasteiger partial charge is 0.495 e. The molecule has 0 atom stereocenters. The first-order valence-corrected chi connectivity index (χ1v) is 9.05. The van der Waals surface area contributed by atoms with Crippen molar-refractivity contribution in [1.82, 2.24) is 0 Å². The number of hydrogen-bond acceptors (Lipinski definition) is 5. The highest BCUT2D eigenvalue weighted by Gasteiger charge is 2.39. The molecule has 2 aromatic carbocycles. The van der Waals surface area contributed by atoms with E-state index in [0.29, 0.717) is 16.1 Å². The zero-order valence-corrected chi connectivity index (χ0v) is 16.5. The normalized spacial score (nSPS) is 14.6. The molecule has 1 heterocycles. The molecule has 1 aliphatic heterocycles. The predicted octanol–water partition coefficient (Wildman–Crippen LogP) is 3.75. The maximum atomic E-state index is 13.1. The van der Waals surface area contributed by atoms with Crippen molar-refractivity contribution in [1.29, 1.82) is 0 Å². The molecule has 28 heavy (non-hydrogen) atoms. The van der Waals surface area contributed by atoms with Crippen LogP contribution in [0.4, 0.5) is 5.69 Å². The predicted molar refractivity (Wildman–Crippen MR) is 106 cm³/mol. The molecule has 0 unspecified atom stereocenters. The number of hydrogen-bond donors (Lipinski definition) is 0. The van der Waals surface area contributed by atoms with Crippen molar-refractivity contribution in [3.05, 3.63) is 64.2 Å². The number of anilines is 1. The number of carbonyl (C=O) groups is 3. The Hall–Kier alpha value is -2.83. The number of ether oxygens (including phenoxy) is 2. The smallest absolute Gasteiger partial charge is 0.337 e. The van der Waals surface area contributed by atoms with Gasteiger partial charge in [0.15, 0.2) is 0 Å². The third-order valence-corrected chi connectivity index (χ3v) is 4.82. The fraction of sp³-hybridized carbons (Fsp3) is 0.150. The summed E-state index contributed by atoms with van der Waals surface area (Å²) in [7, 11) is 2.65. The van der Waals surface area contributed by atoms with Crippen LogP contribution < -0.4 is 4.90 Å². The lowest BCUT2D eigenvalue weighted by atomic mass is 10.0. The van der Waals surface area contributed by atoms with E-state index in [2.05, 4.69) is 0 Å². The quantitative estimate of drug-likeness (QED) is 0.326. The van der Waals surface area contributed by atoms with Gasteiger partial charge in [0.2, 0.25) is 5.91 Å². The number of halogens is 2. The Balaban J connectivity index is 2.30. The number of esters is 1. The SMILES string of the molecule is COC(=O)c1ccc2c(c1)N(C(=O)CCl)C(=O)C2=C(OC)c1ccccc1Cl. The first kappa shape index (κ1) is 19.9. The van der Waals surface area contributed by atoms with Gasteiger partial charge in [0.1, 0.15) is 11.6 Å². The zero-order valence-electron chi connectivity index (χ0n) is 15.0. The van der Waals surface area contributed by atoms with Gasteiger partial charge in [0.05, 0.1) is 36.1 Å². The monoisotopic (exact) mass is 419 g/mol. The first-order chi connectivity index (χ1) is 13.4. The van der Waals surface area contributed by atoms with Crippen LogP contribution in [-0.4, -0.2) is 37.9 Å². The van der Waals surface area contributed by atoms with E-state index in [4.69, 9.17) is 32.7 Å². The van der Waals surface area contributed by atoms with E-state index >= 15 is 0 Å². The number of alkyl halides is 1. The molecule has 6 nitrogen and oxygen atoms in total. The van der Waals surface area contributed by atoms with Gasteiger partial charge in [0, 0.05) is 11.1 Å². The standard InChI is InChI=1S/C20H15Cl2NO5/c1-27-18(12-5-3-4-6-14(12)22)17-13-8-7-11(20(26)28-2)9-15(13)23(19(17)25)16(24)10-21/h3-9H,10H2,1-2H3. The summed E-state index contributed by atoms with van der Waals surface area (Å²) >= 11 is 12.0. The van der Waals surface area contributed by atoms with Gasteiger partial charge in [0.25, 0.3) is 5.91 Å². The molecule has 0 saturated heterocycles. The fourth-order valence-electron chi connectivity index (χ4n) is 3.03. The lowest BCUT2D eigenvalue weighted by Gasteiger charge is -2.14. The summed E-state index contributed by atoms with van der Waals surface area (Å²) in [6.07, 6.45) is 0. The Labute approximate surface area is 171 Å². The number of nitrogens with zero attached hydrogens (tertiary/aromatic N) is 1. The lowest BCUT2D eigenvalue weighted by Crippen LogP contribution is -2.34. The highest BCUT2D eigenvalue weighted by molar-refractivity contribution is 6.46. The minimum atomic E-state index is -0.625. The van der Waals surface area contributed by atoms with Gasteiger partial charge >= 0.3 is 5.97 Å². The molecular formula is C20H15Cl2NO5. The number of imide groups is 1. The number of rotatable bonds is 4. The highest BCUT2D eigenvalue weighted by Crippen LogP contribution is 2.42. The summed E-state index contributed by atoms with van der Waals surface area (Å²) in [5, 5.41) is 0.384. The average Bonchev–Trinajstić information content (AvgIpc) is 3.00. The fourth-order valence-corrected chi connectivity index (χ4v) is 3.37. The van der Waals surface area contributed by atoms with E-state index in [9.17, 15) is 14.4 Å². The summed E-state index contributed by atoms with van der Waals surface area (Å²) < 4.78 is 10.2. The molecular weight excluding hydrogens is 405 g/mol. The van der Waals surface area contributed by atoms with Crippen LogP contribution in [0.5, 0.6) is 0 Å². The topological polar surface area (TPSA) is 72.9 Å². The van der Waals surface area contributed by atoms with Crippen LogP contribution in [0.15, 0.2) is 42.5 Å². The van der Waals surface area contributed by atoms with Crippen molar-refractivity contribution in [2.24, 2.45) is 0 Å². The molecule has 0 bridgehead atoms. The number of fused-ring (bicyclic) bond motifs is 1. The molecule has 0 spiro atoms. The molecule has 144 valence electrons. The van der Waals surface area contributed by atoms with Crippen molar-refractivity contribution in [2.45, 2.75) is 0 Å². The lowest BCUT2D eigenvalue weighted by molar-refractivity contribution is -0.122. The van der Waals surface area contributed by atoms with Crippen LogP contribution in [0.3, 0.4) is 0 Å². The van der Waals surface area contributed by atoms with Crippen molar-refractivity contribution in [3.8, 4) is 0 Å². The number of benzene rings is 2. The van der Waals surface area contributed by atoms with Crippen molar-refractivity contribution in [2.75, 3.05) is 25.0 Å². The Morgan fingerprint density at radius 1 is 1.07 bits per heavy atom. The van der Waals surface area contributed by atoms with E-state index in [1.165, 1.54) is 26.4 Å². The summed E-state index contributed by atoms with van der Waals surface area (Å²) in [5.41, 5.74) is 1.50. The van der Waals surface area contributed by atoms with E-state index < -0.39 is 23.7 Å². The Morgan fingerprint density at radius 3 is 2.39 bits per heavy atom. The molecule has 0 N–H and O–H groups in total. The van der Waals surface area contributed by atoms with Crippen LogP contribution in [-0.2, 0) is 19.1 Å². The van der Waals surface area contributed by atoms with Gasteiger partial charge in [-0.25, -0.2) is 9.69 Å². The van der Waals surface area contributed by atoms with Crippen LogP contribution >= 0.6 is 23.2 Å². The second-order valence-corrected chi connectivity index (χ2v) is 6.45. The zero-order chi connectivity index (χ0) is 20.4. The number of amides is 2. The minimum absolute atomic E-state index is 0.153. The molecule has 0 aromatic heterocycles. The van der Waals surface area contributed by atoms with Gasteiger partial charge in [-0.05, 0) is 24.3 Å². The molecule has 1 aliphatic rings.